The summed E-state index contributed by atoms with van der Waals surface area (Å²) < 4.78 is 0. The van der Waals surface area contributed by atoms with Crippen LogP contribution in [-0.2, 0) is 0 Å². The fourth-order valence-electron chi connectivity index (χ4n) is 2.30. The minimum Gasteiger partial charge on any atom is -0.258 e. The van der Waals surface area contributed by atoms with Gasteiger partial charge in [-0.15, -0.1) is 0 Å². The maximum absolute atomic E-state index is 11.0. The lowest BCUT2D eigenvalue weighted by Crippen LogP contribution is -1.98. The minimum atomic E-state index is -0.223. The third kappa shape index (κ3) is 1.52. The van der Waals surface area contributed by atoms with E-state index in [1.54, 1.807) is 6.07 Å². The molecular formula is C12H13NO2. The second-order valence-electron chi connectivity index (χ2n) is 4.59. The van der Waals surface area contributed by atoms with Crippen molar-refractivity contribution in [3.8, 4) is 0 Å². The molecule has 0 bridgehead atoms. The summed E-state index contributed by atoms with van der Waals surface area (Å²) in [6.45, 7) is 0. The van der Waals surface area contributed by atoms with E-state index in [-0.39, 0.29) is 4.92 Å². The normalized spacial score (nSPS) is 20.3. The average molecular weight is 203 g/mol. The van der Waals surface area contributed by atoms with Crippen molar-refractivity contribution in [2.24, 2.45) is 0 Å². The Bertz CT molecular complexity index is 420. The summed E-state index contributed by atoms with van der Waals surface area (Å²) in [5, 5.41) is 11.0. The molecule has 0 spiro atoms. The summed E-state index contributed by atoms with van der Waals surface area (Å²) in [6, 6.07) is 5.56. The van der Waals surface area contributed by atoms with Crippen LogP contribution in [0, 0.1) is 10.1 Å². The Morgan fingerprint density at radius 1 is 1.13 bits per heavy atom. The molecule has 15 heavy (non-hydrogen) atoms. The molecular weight excluding hydrogens is 190 g/mol. The first-order chi connectivity index (χ1) is 7.27. The first kappa shape index (κ1) is 8.89. The van der Waals surface area contributed by atoms with Gasteiger partial charge < -0.3 is 0 Å². The molecule has 2 aliphatic rings. The summed E-state index contributed by atoms with van der Waals surface area (Å²) in [6.07, 6.45) is 4.68. The second kappa shape index (κ2) is 3.05. The van der Waals surface area contributed by atoms with Crippen molar-refractivity contribution >= 4 is 5.69 Å². The number of benzene rings is 1. The zero-order valence-corrected chi connectivity index (χ0v) is 8.48. The summed E-state index contributed by atoms with van der Waals surface area (Å²) in [4.78, 5) is 10.7. The third-order valence-electron chi connectivity index (χ3n) is 3.32. The van der Waals surface area contributed by atoms with Crippen molar-refractivity contribution in [3.63, 3.8) is 0 Å². The van der Waals surface area contributed by atoms with Crippen molar-refractivity contribution in [1.29, 1.82) is 0 Å². The van der Waals surface area contributed by atoms with Crippen LogP contribution >= 0.6 is 0 Å². The number of nitrogens with zero attached hydrogens (tertiary/aromatic N) is 1. The van der Waals surface area contributed by atoms with Crippen molar-refractivity contribution in [1.82, 2.24) is 0 Å². The fourth-order valence-corrected chi connectivity index (χ4v) is 2.30. The molecule has 2 saturated carbocycles. The molecule has 0 atom stereocenters. The molecule has 3 rings (SSSR count). The lowest BCUT2D eigenvalue weighted by Gasteiger charge is -2.07. The Labute approximate surface area is 88.3 Å². The monoisotopic (exact) mass is 203 g/mol. The second-order valence-corrected chi connectivity index (χ2v) is 4.59. The van der Waals surface area contributed by atoms with E-state index in [9.17, 15) is 10.1 Å². The zero-order chi connectivity index (χ0) is 10.4. The highest BCUT2D eigenvalue weighted by Crippen LogP contribution is 2.51. The van der Waals surface area contributed by atoms with E-state index in [4.69, 9.17) is 0 Å². The minimum absolute atomic E-state index is 0.223. The van der Waals surface area contributed by atoms with E-state index < -0.39 is 0 Å². The van der Waals surface area contributed by atoms with Crippen molar-refractivity contribution in [3.05, 3.63) is 39.4 Å². The highest BCUT2D eigenvalue weighted by molar-refractivity contribution is 5.51. The Kier molecular flexibility index (Phi) is 1.81. The fraction of sp³-hybridized carbons (Fsp3) is 0.500. The highest BCUT2D eigenvalue weighted by atomic mass is 16.6. The SMILES string of the molecule is O=[N+]([O-])c1cccc(C2CC2)c1C1CC1. The van der Waals surface area contributed by atoms with Crippen LogP contribution in [0.3, 0.4) is 0 Å². The molecule has 3 nitrogen and oxygen atoms in total. The lowest BCUT2D eigenvalue weighted by atomic mass is 9.98. The molecule has 78 valence electrons. The number of nitro groups is 1. The van der Waals surface area contributed by atoms with Crippen LogP contribution < -0.4 is 0 Å². The smallest absolute Gasteiger partial charge is 0.258 e. The van der Waals surface area contributed by atoms with Gasteiger partial charge in [0.1, 0.15) is 0 Å². The van der Waals surface area contributed by atoms with Gasteiger partial charge in [0, 0.05) is 11.6 Å². The summed E-state index contributed by atoms with van der Waals surface area (Å²) in [5.74, 6) is 1.09. The van der Waals surface area contributed by atoms with Gasteiger partial charge in [-0.25, -0.2) is 0 Å². The van der Waals surface area contributed by atoms with Gasteiger partial charge in [-0.1, -0.05) is 12.1 Å². The molecule has 0 saturated heterocycles. The number of hydrogen-bond acceptors (Lipinski definition) is 2. The molecule has 1 aromatic rings. The van der Waals surface area contributed by atoms with Crippen LogP contribution in [0.2, 0.25) is 0 Å². The van der Waals surface area contributed by atoms with Crippen molar-refractivity contribution in [2.45, 2.75) is 37.5 Å². The van der Waals surface area contributed by atoms with Crippen LogP contribution in [-0.4, -0.2) is 4.92 Å². The van der Waals surface area contributed by atoms with Crippen LogP contribution in [0.15, 0.2) is 18.2 Å². The molecule has 0 unspecified atom stereocenters. The average Bonchev–Trinajstić information content (AvgIpc) is 3.08. The predicted molar refractivity (Wildman–Crippen MR) is 57.0 cm³/mol. The van der Waals surface area contributed by atoms with Crippen LogP contribution in [0.1, 0.15) is 48.6 Å². The molecule has 1 aromatic carbocycles. The Morgan fingerprint density at radius 3 is 2.33 bits per heavy atom. The maximum atomic E-state index is 11.0. The molecule has 0 amide bonds. The van der Waals surface area contributed by atoms with E-state index >= 15 is 0 Å². The summed E-state index contributed by atoms with van der Waals surface area (Å²) >= 11 is 0. The molecule has 2 aliphatic carbocycles. The molecule has 0 aromatic heterocycles. The number of rotatable bonds is 3. The Hall–Kier alpha value is -1.38. The molecule has 0 N–H and O–H groups in total. The molecule has 0 radical (unpaired) electrons. The number of hydrogen-bond donors (Lipinski definition) is 0. The summed E-state index contributed by atoms with van der Waals surface area (Å²) in [7, 11) is 0. The van der Waals surface area contributed by atoms with Crippen LogP contribution in [0.5, 0.6) is 0 Å². The molecule has 0 heterocycles. The molecule has 2 fully saturated rings. The van der Waals surface area contributed by atoms with E-state index in [0.717, 1.165) is 18.4 Å². The van der Waals surface area contributed by atoms with Crippen molar-refractivity contribution < 1.29 is 4.92 Å². The Balaban J connectivity index is 2.12. The van der Waals surface area contributed by atoms with Gasteiger partial charge >= 0.3 is 0 Å². The quantitative estimate of drug-likeness (QED) is 0.558. The van der Waals surface area contributed by atoms with Crippen molar-refractivity contribution in [2.75, 3.05) is 0 Å². The standard InChI is InChI=1S/C12H13NO2/c14-13(15)11-3-1-2-10(8-4-5-8)12(11)9-6-7-9/h1-3,8-9H,4-7H2. The topological polar surface area (TPSA) is 43.1 Å². The van der Waals surface area contributed by atoms with E-state index in [1.807, 2.05) is 6.07 Å². The lowest BCUT2D eigenvalue weighted by molar-refractivity contribution is -0.385. The van der Waals surface area contributed by atoms with Gasteiger partial charge in [0.05, 0.1) is 4.92 Å². The van der Waals surface area contributed by atoms with Gasteiger partial charge in [0.2, 0.25) is 0 Å². The van der Waals surface area contributed by atoms with Gasteiger partial charge in [-0.05, 0) is 43.1 Å². The van der Waals surface area contributed by atoms with E-state index in [0.29, 0.717) is 17.5 Å². The highest BCUT2D eigenvalue weighted by Gasteiger charge is 2.37. The van der Waals surface area contributed by atoms with Crippen LogP contribution in [0.25, 0.3) is 0 Å². The predicted octanol–water partition coefficient (Wildman–Crippen LogP) is 3.35. The first-order valence-corrected chi connectivity index (χ1v) is 5.54. The number of nitro benzene ring substituents is 1. The van der Waals surface area contributed by atoms with Gasteiger partial charge in [-0.3, -0.25) is 10.1 Å². The van der Waals surface area contributed by atoms with Gasteiger partial charge in [0.15, 0.2) is 0 Å². The van der Waals surface area contributed by atoms with E-state index in [2.05, 4.69) is 6.07 Å². The van der Waals surface area contributed by atoms with E-state index in [1.165, 1.54) is 18.4 Å². The molecule has 3 heteroatoms. The van der Waals surface area contributed by atoms with Gasteiger partial charge in [0.25, 0.3) is 5.69 Å². The van der Waals surface area contributed by atoms with Crippen LogP contribution in [0.4, 0.5) is 5.69 Å². The zero-order valence-electron chi connectivity index (χ0n) is 8.48. The summed E-state index contributed by atoms with van der Waals surface area (Å²) in [5.41, 5.74) is 2.65. The maximum Gasteiger partial charge on any atom is 0.273 e. The third-order valence-corrected chi connectivity index (χ3v) is 3.32. The van der Waals surface area contributed by atoms with Gasteiger partial charge in [-0.2, -0.15) is 0 Å². The molecule has 0 aliphatic heterocycles. The Morgan fingerprint density at radius 2 is 1.80 bits per heavy atom. The first-order valence-electron chi connectivity index (χ1n) is 5.54. The largest absolute Gasteiger partial charge is 0.273 e.